The third kappa shape index (κ3) is 4.64. The number of halogens is 1. The average molecular weight is 316 g/mol. The maximum absolute atomic E-state index is 12.0. The van der Waals surface area contributed by atoms with E-state index in [4.69, 9.17) is 21.1 Å². The molecule has 1 aromatic carbocycles. The fourth-order valence-corrected chi connectivity index (χ4v) is 1.54. The van der Waals surface area contributed by atoms with Gasteiger partial charge in [-0.15, -0.1) is 0 Å². The topological polar surface area (TPSA) is 90.9 Å². The molecule has 1 rings (SSSR count). The summed E-state index contributed by atoms with van der Waals surface area (Å²) in [6.07, 6.45) is -2.14. The summed E-state index contributed by atoms with van der Waals surface area (Å²) in [5.74, 6) is -1.36. The van der Waals surface area contributed by atoms with Crippen LogP contribution in [0.2, 0.25) is 5.02 Å². The molecule has 114 valence electrons. The number of esters is 1. The monoisotopic (exact) mass is 315 g/mol. The predicted molar refractivity (Wildman–Crippen MR) is 73.4 cm³/mol. The molecule has 0 aliphatic rings. The Hall–Kier alpha value is -2.28. The highest BCUT2D eigenvalue weighted by molar-refractivity contribution is 6.31. The molecule has 0 saturated heterocycles. The van der Waals surface area contributed by atoms with Crippen LogP contribution < -0.4 is 10.1 Å². The third-order valence-electron chi connectivity index (χ3n) is 2.45. The van der Waals surface area contributed by atoms with E-state index in [1.807, 2.05) is 5.32 Å². The number of hydrogen-bond donors (Lipinski definition) is 1. The van der Waals surface area contributed by atoms with Crippen LogP contribution in [-0.2, 0) is 14.3 Å². The van der Waals surface area contributed by atoms with Crippen LogP contribution in [0.3, 0.4) is 0 Å². The molecule has 0 radical (unpaired) electrons. The number of nitrogens with one attached hydrogen (secondary N) is 1. The van der Waals surface area contributed by atoms with Gasteiger partial charge in [0.2, 0.25) is 0 Å². The van der Waals surface area contributed by atoms with Crippen molar-refractivity contribution in [2.45, 2.75) is 13.0 Å². The van der Waals surface area contributed by atoms with Crippen molar-refractivity contribution in [2.24, 2.45) is 0 Å². The molecule has 21 heavy (non-hydrogen) atoms. The number of hydrogen-bond acceptors (Lipinski definition) is 6. The number of imide groups is 1. The van der Waals surface area contributed by atoms with Gasteiger partial charge in [-0.1, -0.05) is 11.6 Å². The highest BCUT2D eigenvalue weighted by atomic mass is 35.5. The molecular formula is C13H14ClNO6. The summed E-state index contributed by atoms with van der Waals surface area (Å²) in [6.45, 7) is 1.31. The van der Waals surface area contributed by atoms with Crippen LogP contribution in [0.25, 0.3) is 0 Å². The van der Waals surface area contributed by atoms with E-state index >= 15 is 0 Å². The van der Waals surface area contributed by atoms with Crippen molar-refractivity contribution in [2.75, 3.05) is 14.2 Å². The molecule has 1 atom stereocenters. The number of rotatable bonds is 4. The van der Waals surface area contributed by atoms with Crippen molar-refractivity contribution >= 4 is 29.6 Å². The van der Waals surface area contributed by atoms with E-state index in [-0.39, 0.29) is 11.3 Å². The third-order valence-corrected chi connectivity index (χ3v) is 2.68. The maximum Gasteiger partial charge on any atom is 0.413 e. The van der Waals surface area contributed by atoms with E-state index < -0.39 is 24.1 Å². The fourth-order valence-electron chi connectivity index (χ4n) is 1.37. The number of ether oxygens (including phenoxy) is 3. The van der Waals surface area contributed by atoms with Gasteiger partial charge in [-0.3, -0.25) is 10.1 Å². The van der Waals surface area contributed by atoms with E-state index in [1.54, 1.807) is 6.07 Å². The molecule has 2 amide bonds. The second kappa shape index (κ2) is 7.49. The van der Waals surface area contributed by atoms with Crippen molar-refractivity contribution in [3.63, 3.8) is 0 Å². The molecular weight excluding hydrogens is 302 g/mol. The van der Waals surface area contributed by atoms with Crippen LogP contribution in [-0.4, -0.2) is 38.3 Å². The molecule has 0 saturated carbocycles. The normalized spacial score (nSPS) is 11.2. The second-order valence-corrected chi connectivity index (χ2v) is 4.31. The van der Waals surface area contributed by atoms with Gasteiger partial charge in [-0.2, -0.15) is 0 Å². The SMILES string of the molecule is COC(=O)NC(=O)[C@H](C)OC(=O)c1cc(Cl)ccc1OC. The molecule has 0 bridgehead atoms. The van der Waals surface area contributed by atoms with E-state index in [1.165, 1.54) is 26.2 Å². The van der Waals surface area contributed by atoms with Gasteiger partial charge in [0.05, 0.1) is 14.2 Å². The number of methoxy groups -OCH3 is 2. The van der Waals surface area contributed by atoms with Gasteiger partial charge in [-0.05, 0) is 25.1 Å². The Kier molecular flexibility index (Phi) is 5.98. The molecule has 8 heteroatoms. The molecule has 1 N–H and O–H groups in total. The Morgan fingerprint density at radius 1 is 1.24 bits per heavy atom. The molecule has 0 unspecified atom stereocenters. The van der Waals surface area contributed by atoms with Crippen molar-refractivity contribution < 1.29 is 28.6 Å². The van der Waals surface area contributed by atoms with Gasteiger partial charge in [-0.25, -0.2) is 9.59 Å². The Morgan fingerprint density at radius 2 is 1.90 bits per heavy atom. The lowest BCUT2D eigenvalue weighted by atomic mass is 10.2. The number of benzene rings is 1. The Labute approximate surface area is 126 Å². The van der Waals surface area contributed by atoms with E-state index in [0.717, 1.165) is 7.11 Å². The van der Waals surface area contributed by atoms with Gasteiger partial charge in [0.1, 0.15) is 11.3 Å². The summed E-state index contributed by atoms with van der Waals surface area (Å²) in [6, 6.07) is 4.40. The molecule has 0 spiro atoms. The van der Waals surface area contributed by atoms with Gasteiger partial charge in [0.25, 0.3) is 5.91 Å². The van der Waals surface area contributed by atoms with Crippen LogP contribution in [0.1, 0.15) is 17.3 Å². The summed E-state index contributed by atoms with van der Waals surface area (Å²) in [4.78, 5) is 34.4. The number of alkyl carbamates (subject to hydrolysis) is 1. The van der Waals surface area contributed by atoms with Crippen LogP contribution in [0.15, 0.2) is 18.2 Å². The van der Waals surface area contributed by atoms with Crippen LogP contribution >= 0.6 is 11.6 Å². The minimum Gasteiger partial charge on any atom is -0.496 e. The van der Waals surface area contributed by atoms with Crippen LogP contribution in [0.4, 0.5) is 4.79 Å². The van der Waals surface area contributed by atoms with Gasteiger partial charge < -0.3 is 14.2 Å². The van der Waals surface area contributed by atoms with Crippen molar-refractivity contribution in [1.82, 2.24) is 5.32 Å². The first-order valence-electron chi connectivity index (χ1n) is 5.82. The summed E-state index contributed by atoms with van der Waals surface area (Å²) >= 11 is 5.80. The van der Waals surface area contributed by atoms with E-state index in [0.29, 0.717) is 5.02 Å². The smallest absolute Gasteiger partial charge is 0.413 e. The van der Waals surface area contributed by atoms with Crippen molar-refractivity contribution in [3.8, 4) is 5.75 Å². The molecule has 0 aliphatic heterocycles. The first-order valence-corrected chi connectivity index (χ1v) is 6.20. The standard InChI is InChI=1S/C13H14ClNO6/c1-7(11(16)15-13(18)20-3)21-12(17)9-6-8(14)4-5-10(9)19-2/h4-7H,1-3H3,(H,15,16,18)/t7-/m0/s1. The van der Waals surface area contributed by atoms with Crippen molar-refractivity contribution in [3.05, 3.63) is 28.8 Å². The molecule has 0 aromatic heterocycles. The summed E-state index contributed by atoms with van der Waals surface area (Å²) in [5, 5.41) is 2.21. The second-order valence-electron chi connectivity index (χ2n) is 3.87. The lowest BCUT2D eigenvalue weighted by Gasteiger charge is -2.14. The first kappa shape index (κ1) is 16.8. The quantitative estimate of drug-likeness (QED) is 0.852. The first-order chi connectivity index (χ1) is 9.88. The molecule has 0 fully saturated rings. The van der Waals surface area contributed by atoms with Gasteiger partial charge >= 0.3 is 12.1 Å². The Balaban J connectivity index is 2.79. The highest BCUT2D eigenvalue weighted by Gasteiger charge is 2.23. The Bertz CT molecular complexity index is 560. The highest BCUT2D eigenvalue weighted by Crippen LogP contribution is 2.23. The lowest BCUT2D eigenvalue weighted by molar-refractivity contribution is -0.128. The molecule has 1 aromatic rings. The predicted octanol–water partition coefficient (Wildman–Crippen LogP) is 1.78. The summed E-state index contributed by atoms with van der Waals surface area (Å²) in [7, 11) is 2.49. The zero-order chi connectivity index (χ0) is 16.0. The lowest BCUT2D eigenvalue weighted by Crippen LogP contribution is -2.39. The zero-order valence-electron chi connectivity index (χ0n) is 11.6. The fraction of sp³-hybridized carbons (Fsp3) is 0.308. The van der Waals surface area contributed by atoms with Gasteiger partial charge in [0.15, 0.2) is 6.10 Å². The minimum atomic E-state index is -1.19. The summed E-state index contributed by atoms with van der Waals surface area (Å²) < 4.78 is 14.2. The largest absolute Gasteiger partial charge is 0.496 e. The van der Waals surface area contributed by atoms with Gasteiger partial charge in [0, 0.05) is 5.02 Å². The molecule has 0 heterocycles. The number of carbonyl (C=O) groups excluding carboxylic acids is 3. The summed E-state index contributed by atoms with van der Waals surface area (Å²) in [5.41, 5.74) is 0.0720. The van der Waals surface area contributed by atoms with Crippen LogP contribution in [0.5, 0.6) is 5.75 Å². The number of carbonyl (C=O) groups is 3. The zero-order valence-corrected chi connectivity index (χ0v) is 12.4. The van der Waals surface area contributed by atoms with Crippen molar-refractivity contribution in [1.29, 1.82) is 0 Å². The minimum absolute atomic E-state index is 0.0720. The van der Waals surface area contributed by atoms with Crippen LogP contribution in [0, 0.1) is 0 Å². The average Bonchev–Trinajstić information content (AvgIpc) is 2.46. The maximum atomic E-state index is 12.0. The molecule has 7 nitrogen and oxygen atoms in total. The van der Waals surface area contributed by atoms with E-state index in [2.05, 4.69) is 4.74 Å². The Morgan fingerprint density at radius 3 is 2.48 bits per heavy atom. The number of amides is 2. The molecule has 0 aliphatic carbocycles. The van der Waals surface area contributed by atoms with E-state index in [9.17, 15) is 14.4 Å².